The summed E-state index contributed by atoms with van der Waals surface area (Å²) in [5.74, 6) is -0.170. The fraction of sp³-hybridized carbons (Fsp3) is 0.333. The van der Waals surface area contributed by atoms with E-state index in [0.29, 0.717) is 6.54 Å². The summed E-state index contributed by atoms with van der Waals surface area (Å²) in [6.07, 6.45) is 0. The molecule has 1 heterocycles. The third-order valence-corrected chi connectivity index (χ3v) is 3.36. The van der Waals surface area contributed by atoms with Crippen molar-refractivity contribution in [1.29, 1.82) is 0 Å². The molecule has 5 heteroatoms. The number of thiazole rings is 1. The van der Waals surface area contributed by atoms with Crippen molar-refractivity contribution < 1.29 is 4.79 Å². The molecule has 0 atom stereocenters. The Morgan fingerprint density at radius 1 is 1.47 bits per heavy atom. The first kappa shape index (κ1) is 12.0. The predicted molar refractivity (Wildman–Crippen MR) is 69.7 cm³/mol. The van der Waals surface area contributed by atoms with E-state index in [9.17, 15) is 4.79 Å². The van der Waals surface area contributed by atoms with E-state index >= 15 is 0 Å². The Balaban J connectivity index is 2.07. The van der Waals surface area contributed by atoms with Crippen LogP contribution in [0.2, 0.25) is 0 Å². The van der Waals surface area contributed by atoms with Crippen LogP contribution in [0, 0.1) is 0 Å². The van der Waals surface area contributed by atoms with Gasteiger partial charge in [-0.3, -0.25) is 4.79 Å². The molecule has 0 aliphatic carbocycles. The van der Waals surface area contributed by atoms with Crippen LogP contribution >= 0.6 is 11.3 Å². The molecule has 0 aliphatic heterocycles. The van der Waals surface area contributed by atoms with Gasteiger partial charge in [0.25, 0.3) is 0 Å². The molecule has 0 bridgehead atoms. The maximum atomic E-state index is 11.6. The van der Waals surface area contributed by atoms with Crippen LogP contribution < -0.4 is 11.1 Å². The molecule has 3 N–H and O–H groups in total. The number of carbonyl (C=O) groups excluding carboxylic acids is 1. The van der Waals surface area contributed by atoms with Gasteiger partial charge in [-0.05, 0) is 26.0 Å². The summed E-state index contributed by atoms with van der Waals surface area (Å²) in [5, 5.41) is 3.68. The molecule has 0 aliphatic rings. The van der Waals surface area contributed by atoms with Crippen molar-refractivity contribution in [2.45, 2.75) is 25.9 Å². The number of hydrogen-bond acceptors (Lipinski definition) is 4. The Morgan fingerprint density at radius 2 is 2.18 bits per heavy atom. The average molecular weight is 249 g/mol. The van der Waals surface area contributed by atoms with Crippen LogP contribution in [-0.4, -0.2) is 16.4 Å². The van der Waals surface area contributed by atoms with Crippen molar-refractivity contribution in [2.24, 2.45) is 5.73 Å². The number of carbonyl (C=O) groups is 1. The van der Waals surface area contributed by atoms with Crippen LogP contribution in [0.1, 0.15) is 18.9 Å². The van der Waals surface area contributed by atoms with Crippen molar-refractivity contribution in [2.75, 3.05) is 0 Å². The zero-order chi connectivity index (χ0) is 12.5. The Kier molecular flexibility index (Phi) is 3.13. The smallest absolute Gasteiger partial charge is 0.239 e. The van der Waals surface area contributed by atoms with Crippen LogP contribution in [-0.2, 0) is 11.3 Å². The quantitative estimate of drug-likeness (QED) is 0.869. The van der Waals surface area contributed by atoms with E-state index in [2.05, 4.69) is 10.3 Å². The standard InChI is InChI=1S/C12H15N3OS/c1-12(2,13)11(16)14-7-10-15-8-5-3-4-6-9(8)17-10/h3-6H,7,13H2,1-2H3,(H,14,16). The summed E-state index contributed by atoms with van der Waals surface area (Å²) >= 11 is 1.58. The number of fused-ring (bicyclic) bond motifs is 1. The zero-order valence-corrected chi connectivity index (χ0v) is 10.7. The summed E-state index contributed by atoms with van der Waals surface area (Å²) in [7, 11) is 0. The molecule has 0 radical (unpaired) electrons. The molecule has 90 valence electrons. The second-order valence-corrected chi connectivity index (χ2v) is 5.59. The first-order chi connectivity index (χ1) is 7.97. The van der Waals surface area contributed by atoms with Gasteiger partial charge in [-0.15, -0.1) is 11.3 Å². The number of nitrogens with two attached hydrogens (primary N) is 1. The van der Waals surface area contributed by atoms with Crippen LogP contribution in [0.3, 0.4) is 0 Å². The maximum Gasteiger partial charge on any atom is 0.239 e. The van der Waals surface area contributed by atoms with Gasteiger partial charge < -0.3 is 11.1 Å². The van der Waals surface area contributed by atoms with Gasteiger partial charge in [-0.25, -0.2) is 4.98 Å². The number of benzene rings is 1. The first-order valence-electron chi connectivity index (χ1n) is 5.38. The Bertz CT molecular complexity index is 509. The Morgan fingerprint density at radius 3 is 2.82 bits per heavy atom. The fourth-order valence-corrected chi connectivity index (χ4v) is 2.29. The highest BCUT2D eigenvalue weighted by molar-refractivity contribution is 7.18. The molecule has 1 aromatic carbocycles. The lowest BCUT2D eigenvalue weighted by atomic mass is 10.1. The lowest BCUT2D eigenvalue weighted by Crippen LogP contribution is -2.48. The molecule has 2 rings (SSSR count). The molecular weight excluding hydrogens is 234 g/mol. The number of amides is 1. The van der Waals surface area contributed by atoms with Crippen molar-refractivity contribution in [3.63, 3.8) is 0 Å². The molecule has 17 heavy (non-hydrogen) atoms. The maximum absolute atomic E-state index is 11.6. The van der Waals surface area contributed by atoms with Gasteiger partial charge in [-0.1, -0.05) is 12.1 Å². The van der Waals surface area contributed by atoms with Crippen molar-refractivity contribution in [1.82, 2.24) is 10.3 Å². The number of rotatable bonds is 3. The summed E-state index contributed by atoms with van der Waals surface area (Å²) < 4.78 is 1.13. The van der Waals surface area contributed by atoms with Crippen molar-refractivity contribution in [3.8, 4) is 0 Å². The minimum atomic E-state index is -0.851. The highest BCUT2D eigenvalue weighted by atomic mass is 32.1. The molecule has 0 fully saturated rings. The molecule has 4 nitrogen and oxygen atoms in total. The van der Waals surface area contributed by atoms with Gasteiger partial charge in [-0.2, -0.15) is 0 Å². The molecular formula is C12H15N3OS. The third-order valence-electron chi connectivity index (χ3n) is 2.32. The Labute approximate surface area is 104 Å². The minimum Gasteiger partial charge on any atom is -0.348 e. The molecule has 2 aromatic rings. The van der Waals surface area contributed by atoms with Gasteiger partial charge in [0, 0.05) is 0 Å². The number of aromatic nitrogens is 1. The number of hydrogen-bond donors (Lipinski definition) is 2. The van der Waals surface area contributed by atoms with Crippen molar-refractivity contribution >= 4 is 27.5 Å². The van der Waals surface area contributed by atoms with E-state index < -0.39 is 5.54 Å². The monoisotopic (exact) mass is 249 g/mol. The van der Waals surface area contributed by atoms with Gasteiger partial charge >= 0.3 is 0 Å². The number of nitrogens with one attached hydrogen (secondary N) is 1. The molecule has 0 saturated heterocycles. The van der Waals surface area contributed by atoms with Gasteiger partial charge in [0.2, 0.25) is 5.91 Å². The van der Waals surface area contributed by atoms with E-state index in [-0.39, 0.29) is 5.91 Å². The van der Waals surface area contributed by atoms with Gasteiger partial charge in [0.05, 0.1) is 22.3 Å². The second kappa shape index (κ2) is 4.43. The fourth-order valence-electron chi connectivity index (χ4n) is 1.38. The summed E-state index contributed by atoms with van der Waals surface area (Å²) in [5.41, 5.74) is 5.81. The first-order valence-corrected chi connectivity index (χ1v) is 6.20. The zero-order valence-electron chi connectivity index (χ0n) is 9.86. The van der Waals surface area contributed by atoms with E-state index in [1.807, 2.05) is 24.3 Å². The lowest BCUT2D eigenvalue weighted by molar-refractivity contribution is -0.125. The normalized spacial score (nSPS) is 11.7. The van der Waals surface area contributed by atoms with E-state index in [1.54, 1.807) is 25.2 Å². The largest absolute Gasteiger partial charge is 0.348 e. The topological polar surface area (TPSA) is 68.0 Å². The summed E-state index contributed by atoms with van der Waals surface area (Å²) in [6, 6.07) is 7.91. The van der Waals surface area contributed by atoms with E-state index in [1.165, 1.54) is 0 Å². The third kappa shape index (κ3) is 2.81. The second-order valence-electron chi connectivity index (χ2n) is 4.48. The minimum absolute atomic E-state index is 0.170. The summed E-state index contributed by atoms with van der Waals surface area (Å²) in [4.78, 5) is 16.0. The highest BCUT2D eigenvalue weighted by Crippen LogP contribution is 2.21. The Hall–Kier alpha value is -1.46. The number of para-hydroxylation sites is 1. The molecule has 1 amide bonds. The van der Waals surface area contributed by atoms with E-state index in [4.69, 9.17) is 5.73 Å². The van der Waals surface area contributed by atoms with Gasteiger partial charge in [0.15, 0.2) is 0 Å². The SMILES string of the molecule is CC(C)(N)C(=O)NCc1nc2ccccc2s1. The van der Waals surface area contributed by atoms with E-state index in [0.717, 1.165) is 15.2 Å². The molecule has 0 unspecified atom stereocenters. The molecule has 0 saturated carbocycles. The van der Waals surface area contributed by atoms with Crippen LogP contribution in [0.4, 0.5) is 0 Å². The molecule has 1 aromatic heterocycles. The van der Waals surface area contributed by atoms with Crippen LogP contribution in [0.5, 0.6) is 0 Å². The average Bonchev–Trinajstić information content (AvgIpc) is 2.66. The summed E-state index contributed by atoms with van der Waals surface area (Å²) in [6.45, 7) is 3.79. The predicted octanol–water partition coefficient (Wildman–Crippen LogP) is 1.65. The molecule has 0 spiro atoms. The highest BCUT2D eigenvalue weighted by Gasteiger charge is 2.21. The van der Waals surface area contributed by atoms with Crippen molar-refractivity contribution in [3.05, 3.63) is 29.3 Å². The lowest BCUT2D eigenvalue weighted by Gasteiger charge is -2.16. The van der Waals surface area contributed by atoms with Crippen LogP contribution in [0.15, 0.2) is 24.3 Å². The number of nitrogens with zero attached hydrogens (tertiary/aromatic N) is 1. The van der Waals surface area contributed by atoms with Crippen LogP contribution in [0.25, 0.3) is 10.2 Å². The van der Waals surface area contributed by atoms with Gasteiger partial charge in [0.1, 0.15) is 5.01 Å².